The maximum absolute atomic E-state index is 13.1. The summed E-state index contributed by atoms with van der Waals surface area (Å²) in [5.41, 5.74) is 5.61. The van der Waals surface area contributed by atoms with Crippen molar-refractivity contribution in [1.82, 2.24) is 4.90 Å². The number of benzene rings is 2. The Bertz CT molecular complexity index is 1250. The smallest absolute Gasteiger partial charge is 0.310 e. The summed E-state index contributed by atoms with van der Waals surface area (Å²) in [6.07, 6.45) is 5.63. The molecule has 8 nitrogen and oxygen atoms in total. The molecule has 1 saturated heterocycles. The molecule has 1 aliphatic carbocycles. The average molecular weight is 538 g/mol. The maximum Gasteiger partial charge on any atom is 0.310 e. The van der Waals surface area contributed by atoms with Crippen molar-refractivity contribution in [3.05, 3.63) is 46.5 Å². The zero-order chi connectivity index (χ0) is 28.1. The Morgan fingerprint density at radius 2 is 1.49 bits per heavy atom. The molecule has 1 heterocycles. The predicted molar refractivity (Wildman–Crippen MR) is 152 cm³/mol. The molecule has 0 spiro atoms. The largest absolute Gasteiger partial charge is 0.493 e. The van der Waals surface area contributed by atoms with Gasteiger partial charge in [-0.05, 0) is 97.1 Å². The molecule has 210 valence electrons. The third-order valence-corrected chi connectivity index (χ3v) is 7.67. The number of hydrogen-bond acceptors (Lipinski definition) is 8. The van der Waals surface area contributed by atoms with Crippen LogP contribution >= 0.6 is 0 Å². The van der Waals surface area contributed by atoms with Crippen molar-refractivity contribution in [3.8, 4) is 28.7 Å². The van der Waals surface area contributed by atoms with E-state index in [4.69, 9.17) is 28.4 Å². The molecule has 0 bridgehead atoms. The molecule has 8 heteroatoms. The van der Waals surface area contributed by atoms with Crippen LogP contribution in [0.4, 0.5) is 0 Å². The van der Waals surface area contributed by atoms with Crippen LogP contribution in [0.2, 0.25) is 0 Å². The van der Waals surface area contributed by atoms with Gasteiger partial charge in [0, 0.05) is 6.04 Å². The first-order valence-corrected chi connectivity index (χ1v) is 13.2. The summed E-state index contributed by atoms with van der Waals surface area (Å²) in [5, 5.41) is 0. The number of hydrogen-bond donors (Lipinski definition) is 0. The van der Waals surface area contributed by atoms with E-state index in [0.717, 1.165) is 46.4 Å². The number of carbonyl (C=O) groups is 1. The number of allylic oxidation sites excluding steroid dienone is 2. The lowest BCUT2D eigenvalue weighted by atomic mass is 9.99. The number of methoxy groups -OCH3 is 5. The highest BCUT2D eigenvalue weighted by atomic mass is 16.5. The third-order valence-electron chi connectivity index (χ3n) is 7.67. The molecule has 0 radical (unpaired) electrons. The first kappa shape index (κ1) is 28.4. The summed E-state index contributed by atoms with van der Waals surface area (Å²) >= 11 is 0. The van der Waals surface area contributed by atoms with Crippen molar-refractivity contribution in [1.29, 1.82) is 0 Å². The topological polar surface area (TPSA) is 75.7 Å². The van der Waals surface area contributed by atoms with E-state index in [0.29, 0.717) is 35.4 Å². The van der Waals surface area contributed by atoms with Gasteiger partial charge in [0.2, 0.25) is 5.75 Å². The van der Waals surface area contributed by atoms with E-state index in [2.05, 4.69) is 18.0 Å². The van der Waals surface area contributed by atoms with Crippen LogP contribution in [0.3, 0.4) is 0 Å². The third kappa shape index (κ3) is 5.86. The van der Waals surface area contributed by atoms with Gasteiger partial charge in [0.25, 0.3) is 0 Å². The molecule has 0 saturated carbocycles. The van der Waals surface area contributed by atoms with Gasteiger partial charge < -0.3 is 33.3 Å². The van der Waals surface area contributed by atoms with Gasteiger partial charge in [-0.15, -0.1) is 0 Å². The fourth-order valence-electron chi connectivity index (χ4n) is 5.42. The van der Waals surface area contributed by atoms with Crippen LogP contribution in [0.1, 0.15) is 49.3 Å². The first-order valence-electron chi connectivity index (χ1n) is 13.2. The van der Waals surface area contributed by atoms with Gasteiger partial charge in [-0.25, -0.2) is 0 Å². The van der Waals surface area contributed by atoms with Crippen molar-refractivity contribution in [2.45, 2.75) is 38.6 Å². The molecule has 0 aromatic heterocycles. The van der Waals surface area contributed by atoms with E-state index >= 15 is 0 Å². The minimum atomic E-state index is -0.238. The van der Waals surface area contributed by atoms with Crippen LogP contribution < -0.4 is 23.7 Å². The number of likely N-dealkylation sites (tertiary alicyclic amines) is 1. The molecule has 0 N–H and O–H groups in total. The van der Waals surface area contributed by atoms with E-state index in [-0.39, 0.29) is 18.4 Å². The summed E-state index contributed by atoms with van der Waals surface area (Å²) in [6.45, 7) is 3.48. The van der Waals surface area contributed by atoms with Gasteiger partial charge >= 0.3 is 5.97 Å². The molecule has 39 heavy (non-hydrogen) atoms. The number of nitrogens with zero attached hydrogens (tertiary/aromatic N) is 1. The Morgan fingerprint density at radius 3 is 2.05 bits per heavy atom. The second kappa shape index (κ2) is 12.5. The maximum atomic E-state index is 13.1. The quantitative estimate of drug-likeness (QED) is 0.369. The highest BCUT2D eigenvalue weighted by Crippen LogP contribution is 2.48. The minimum absolute atomic E-state index is 0.164. The number of fused-ring (bicyclic) bond motifs is 1. The average Bonchev–Trinajstić information content (AvgIpc) is 3.20. The molecule has 0 amide bonds. The van der Waals surface area contributed by atoms with Gasteiger partial charge in [0.15, 0.2) is 23.0 Å². The lowest BCUT2D eigenvalue weighted by molar-refractivity contribution is -0.144. The summed E-state index contributed by atoms with van der Waals surface area (Å²) in [6, 6.07) is 7.96. The highest BCUT2D eigenvalue weighted by molar-refractivity contribution is 6.08. The second-order valence-electron chi connectivity index (χ2n) is 9.86. The fourth-order valence-corrected chi connectivity index (χ4v) is 5.42. The van der Waals surface area contributed by atoms with E-state index in [1.807, 2.05) is 31.2 Å². The monoisotopic (exact) mass is 537 g/mol. The molecule has 4 rings (SSSR count). The van der Waals surface area contributed by atoms with E-state index in [1.165, 1.54) is 12.8 Å². The van der Waals surface area contributed by atoms with Crippen LogP contribution in [-0.2, 0) is 9.53 Å². The van der Waals surface area contributed by atoms with E-state index < -0.39 is 0 Å². The van der Waals surface area contributed by atoms with Crippen molar-refractivity contribution in [2.24, 2.45) is 0 Å². The van der Waals surface area contributed by atoms with Crippen LogP contribution in [0, 0.1) is 0 Å². The van der Waals surface area contributed by atoms with Gasteiger partial charge in [0.05, 0.1) is 42.0 Å². The molecule has 1 aliphatic heterocycles. The Labute approximate surface area is 231 Å². The van der Waals surface area contributed by atoms with Crippen molar-refractivity contribution < 1.29 is 33.2 Å². The van der Waals surface area contributed by atoms with Gasteiger partial charge in [-0.2, -0.15) is 0 Å². The molecular formula is C31H39NO7. The SMILES string of the molecule is COc1cc2c(cc1OC)/C(=C\c1cc(OC)c(OC)c(OC)c1)C(C)=C2CC(=O)OCC1CCCCN1C. The molecule has 1 fully saturated rings. The Morgan fingerprint density at radius 1 is 0.872 bits per heavy atom. The number of esters is 1. The predicted octanol–water partition coefficient (Wildman–Crippen LogP) is 5.47. The molecule has 1 atom stereocenters. The molecular weight excluding hydrogens is 498 g/mol. The molecule has 2 aromatic rings. The number of likely N-dealkylation sites (N-methyl/N-ethyl adjacent to an activating group) is 1. The molecule has 2 aromatic carbocycles. The molecule has 2 aliphatic rings. The van der Waals surface area contributed by atoms with Gasteiger partial charge in [-0.1, -0.05) is 6.42 Å². The number of carbonyl (C=O) groups excluding carboxylic acids is 1. The van der Waals surface area contributed by atoms with Gasteiger partial charge in [-0.3, -0.25) is 4.79 Å². The van der Waals surface area contributed by atoms with Crippen LogP contribution in [-0.4, -0.2) is 72.7 Å². The van der Waals surface area contributed by atoms with Crippen molar-refractivity contribution in [3.63, 3.8) is 0 Å². The van der Waals surface area contributed by atoms with Crippen molar-refractivity contribution in [2.75, 3.05) is 55.7 Å². The van der Waals surface area contributed by atoms with Crippen LogP contribution in [0.5, 0.6) is 28.7 Å². The normalized spacial score (nSPS) is 18.1. The lowest BCUT2D eigenvalue weighted by Crippen LogP contribution is -2.39. The minimum Gasteiger partial charge on any atom is -0.493 e. The standard InChI is InChI=1S/C31H39NO7/c1-19-22(12-20-13-28(36-5)31(38-7)29(14-20)37-6)24-15-26(34-3)27(35-4)16-25(24)23(19)17-30(33)39-18-21-10-8-9-11-32(21)2/h12-16,21H,8-11,17-18H2,1-7H3/b22-12-. The number of rotatable bonds is 10. The summed E-state index contributed by atoms with van der Waals surface area (Å²) in [7, 11) is 10.1. The number of piperidine rings is 1. The van der Waals surface area contributed by atoms with E-state index in [1.54, 1.807) is 35.5 Å². The van der Waals surface area contributed by atoms with Gasteiger partial charge in [0.1, 0.15) is 6.61 Å². The van der Waals surface area contributed by atoms with E-state index in [9.17, 15) is 4.79 Å². The number of ether oxygens (including phenoxy) is 6. The Hall–Kier alpha value is -3.65. The first-order chi connectivity index (χ1) is 18.8. The lowest BCUT2D eigenvalue weighted by Gasteiger charge is -2.31. The Kier molecular flexibility index (Phi) is 9.07. The second-order valence-corrected chi connectivity index (χ2v) is 9.86. The summed E-state index contributed by atoms with van der Waals surface area (Å²) < 4.78 is 33.6. The Balaban J connectivity index is 1.72. The fraction of sp³-hybridized carbons (Fsp3) is 0.452. The summed E-state index contributed by atoms with van der Waals surface area (Å²) in [5.74, 6) is 2.63. The van der Waals surface area contributed by atoms with Crippen LogP contribution in [0.25, 0.3) is 17.2 Å². The van der Waals surface area contributed by atoms with Crippen molar-refractivity contribution >= 4 is 23.2 Å². The highest BCUT2D eigenvalue weighted by Gasteiger charge is 2.29. The summed E-state index contributed by atoms with van der Waals surface area (Å²) in [4.78, 5) is 15.4. The zero-order valence-corrected chi connectivity index (χ0v) is 24.0. The molecule has 1 unspecified atom stereocenters. The van der Waals surface area contributed by atoms with Crippen LogP contribution in [0.15, 0.2) is 29.8 Å². The zero-order valence-electron chi connectivity index (χ0n) is 24.0.